The van der Waals surface area contributed by atoms with Gasteiger partial charge in [-0.2, -0.15) is 0 Å². The third-order valence-electron chi connectivity index (χ3n) is 5.84. The zero-order chi connectivity index (χ0) is 25.3. The van der Waals surface area contributed by atoms with Crippen molar-refractivity contribution >= 4 is 50.1 Å². The highest BCUT2D eigenvalue weighted by molar-refractivity contribution is 7.92. The Morgan fingerprint density at radius 2 is 1.66 bits per heavy atom. The molecule has 180 valence electrons. The lowest BCUT2D eigenvalue weighted by Gasteiger charge is -2.25. The van der Waals surface area contributed by atoms with Crippen molar-refractivity contribution in [3.8, 4) is 0 Å². The maximum Gasteiger partial charge on any atom is 0.340 e. The first-order valence-electron chi connectivity index (χ1n) is 10.7. The lowest BCUT2D eigenvalue weighted by Crippen LogP contribution is -2.37. The number of carbonyl (C=O) groups excluding carboxylic acids is 2. The highest BCUT2D eigenvalue weighted by Gasteiger charge is 2.29. The Labute approximate surface area is 208 Å². The lowest BCUT2D eigenvalue weighted by molar-refractivity contribution is 0.0603. The molecular formula is C26H23ClN2O5S. The maximum atomic E-state index is 13.7. The Morgan fingerprint density at radius 1 is 0.971 bits per heavy atom. The van der Waals surface area contributed by atoms with Crippen LogP contribution in [-0.4, -0.2) is 38.5 Å². The molecule has 3 aromatic carbocycles. The summed E-state index contributed by atoms with van der Waals surface area (Å²) in [6, 6.07) is 17.8. The van der Waals surface area contributed by atoms with Crippen molar-refractivity contribution in [3.05, 3.63) is 94.6 Å². The number of anilines is 1. The van der Waals surface area contributed by atoms with E-state index in [2.05, 4.69) is 0 Å². The van der Waals surface area contributed by atoms with Crippen molar-refractivity contribution in [3.63, 3.8) is 0 Å². The van der Waals surface area contributed by atoms with Crippen LogP contribution in [0.5, 0.6) is 0 Å². The number of esters is 1. The molecule has 0 aliphatic rings. The normalized spacial score (nSPS) is 11.4. The minimum Gasteiger partial charge on any atom is -0.465 e. The predicted molar refractivity (Wildman–Crippen MR) is 136 cm³/mol. The van der Waals surface area contributed by atoms with E-state index in [4.69, 9.17) is 16.3 Å². The predicted octanol–water partition coefficient (Wildman–Crippen LogP) is 5.23. The van der Waals surface area contributed by atoms with Crippen LogP contribution >= 0.6 is 11.6 Å². The van der Waals surface area contributed by atoms with Gasteiger partial charge in [-0.3, -0.25) is 13.7 Å². The third-order valence-corrected chi connectivity index (χ3v) is 7.88. The van der Waals surface area contributed by atoms with Crippen molar-refractivity contribution in [2.75, 3.05) is 18.0 Å². The molecule has 0 saturated carbocycles. The van der Waals surface area contributed by atoms with E-state index < -0.39 is 28.4 Å². The Hall–Kier alpha value is -3.62. The number of methoxy groups -OCH3 is 1. The molecule has 35 heavy (non-hydrogen) atoms. The summed E-state index contributed by atoms with van der Waals surface area (Å²) < 4.78 is 34.6. The van der Waals surface area contributed by atoms with Gasteiger partial charge < -0.3 is 4.74 Å². The van der Waals surface area contributed by atoms with E-state index in [0.717, 1.165) is 15.4 Å². The summed E-state index contributed by atoms with van der Waals surface area (Å²) >= 11 is 5.95. The molecule has 0 radical (unpaired) electrons. The van der Waals surface area contributed by atoms with Crippen molar-refractivity contribution in [2.24, 2.45) is 0 Å². The molecule has 1 aromatic heterocycles. The highest BCUT2D eigenvalue weighted by Crippen LogP contribution is 2.28. The molecule has 0 atom stereocenters. The Balaban J connectivity index is 1.82. The molecular weight excluding hydrogens is 488 g/mol. The number of hydrogen-bond donors (Lipinski definition) is 0. The number of ether oxygens (including phenoxy) is 1. The largest absolute Gasteiger partial charge is 0.465 e. The third kappa shape index (κ3) is 4.67. The molecule has 4 rings (SSSR count). The number of sulfonamides is 1. The average molecular weight is 511 g/mol. The summed E-state index contributed by atoms with van der Waals surface area (Å²) in [6.07, 6.45) is 1.38. The van der Waals surface area contributed by atoms with E-state index in [-0.39, 0.29) is 10.5 Å². The van der Waals surface area contributed by atoms with Gasteiger partial charge in [0.1, 0.15) is 6.54 Å². The second-order valence-corrected chi connectivity index (χ2v) is 10.3. The fourth-order valence-electron chi connectivity index (χ4n) is 3.79. The van der Waals surface area contributed by atoms with Crippen LogP contribution in [0.25, 0.3) is 10.9 Å². The highest BCUT2D eigenvalue weighted by atomic mass is 35.5. The number of nitrogens with zero attached hydrogens (tertiary/aromatic N) is 2. The lowest BCUT2D eigenvalue weighted by atomic mass is 10.1. The number of fused-ring (bicyclic) bond motifs is 1. The molecule has 0 fully saturated rings. The number of hydrogen-bond acceptors (Lipinski definition) is 5. The van der Waals surface area contributed by atoms with Gasteiger partial charge in [0.15, 0.2) is 0 Å². The summed E-state index contributed by atoms with van der Waals surface area (Å²) in [5, 5.41) is 0.929. The van der Waals surface area contributed by atoms with Gasteiger partial charge in [-0.05, 0) is 67.4 Å². The van der Waals surface area contributed by atoms with Crippen LogP contribution in [0.1, 0.15) is 26.3 Å². The molecule has 0 unspecified atom stereocenters. The van der Waals surface area contributed by atoms with E-state index in [1.165, 1.54) is 42.1 Å². The monoisotopic (exact) mass is 510 g/mol. The number of carbonyl (C=O) groups is 2. The number of benzene rings is 3. The zero-order valence-electron chi connectivity index (χ0n) is 19.4. The van der Waals surface area contributed by atoms with Crippen molar-refractivity contribution in [1.82, 2.24) is 4.57 Å². The molecule has 1 heterocycles. The van der Waals surface area contributed by atoms with E-state index in [0.29, 0.717) is 21.6 Å². The molecule has 0 aliphatic carbocycles. The van der Waals surface area contributed by atoms with Crippen LogP contribution in [0, 0.1) is 13.8 Å². The van der Waals surface area contributed by atoms with E-state index in [1.807, 2.05) is 13.8 Å². The smallest absolute Gasteiger partial charge is 0.340 e. The summed E-state index contributed by atoms with van der Waals surface area (Å²) in [7, 11) is -2.86. The van der Waals surface area contributed by atoms with Crippen LogP contribution in [0.4, 0.5) is 5.69 Å². The molecule has 0 N–H and O–H groups in total. The van der Waals surface area contributed by atoms with Crippen LogP contribution in [0.3, 0.4) is 0 Å². The topological polar surface area (TPSA) is 85.7 Å². The van der Waals surface area contributed by atoms with Crippen LogP contribution < -0.4 is 4.31 Å². The maximum absolute atomic E-state index is 13.7. The van der Waals surface area contributed by atoms with Gasteiger partial charge in [-0.25, -0.2) is 13.2 Å². The second kappa shape index (κ2) is 9.56. The molecule has 0 saturated heterocycles. The standard InChI is InChI=1S/C26H23ClN2O5S/c1-17-8-11-20(14-18(17)2)29(35(32,33)21-12-9-19(27)10-13-21)16-25(30)28-15-23(26(31)34-3)22-6-4-5-7-24(22)28/h4-15H,16H2,1-3H3. The van der Waals surface area contributed by atoms with Gasteiger partial charge in [-0.1, -0.05) is 35.9 Å². The van der Waals surface area contributed by atoms with Gasteiger partial charge >= 0.3 is 5.97 Å². The Bertz CT molecular complexity index is 1540. The van der Waals surface area contributed by atoms with Gasteiger partial charge in [0.05, 0.1) is 28.8 Å². The van der Waals surface area contributed by atoms with Crippen LogP contribution in [-0.2, 0) is 14.8 Å². The average Bonchev–Trinajstić information content (AvgIpc) is 3.24. The number of aryl methyl sites for hydroxylation is 2. The van der Waals surface area contributed by atoms with Crippen LogP contribution in [0.15, 0.2) is 77.8 Å². The van der Waals surface area contributed by atoms with Gasteiger partial charge in [-0.15, -0.1) is 0 Å². The van der Waals surface area contributed by atoms with Crippen molar-refractivity contribution in [2.45, 2.75) is 18.7 Å². The molecule has 0 aliphatic heterocycles. The van der Waals surface area contributed by atoms with E-state index in [1.54, 1.807) is 42.5 Å². The minimum absolute atomic E-state index is 0.000502. The number of halogens is 1. The summed E-state index contributed by atoms with van der Waals surface area (Å²) in [4.78, 5) is 25.8. The second-order valence-electron chi connectivity index (χ2n) is 8.05. The van der Waals surface area contributed by atoms with Gasteiger partial charge in [0, 0.05) is 16.6 Å². The summed E-state index contributed by atoms with van der Waals surface area (Å²) in [5.74, 6) is -1.13. The molecule has 0 spiro atoms. The zero-order valence-corrected chi connectivity index (χ0v) is 20.9. The Morgan fingerprint density at radius 3 is 2.31 bits per heavy atom. The number of para-hydroxylation sites is 1. The first-order chi connectivity index (χ1) is 16.6. The quantitative estimate of drug-likeness (QED) is 0.331. The summed E-state index contributed by atoms with van der Waals surface area (Å²) in [6.45, 7) is 3.30. The first-order valence-corrected chi connectivity index (χ1v) is 12.5. The molecule has 9 heteroatoms. The number of aromatic nitrogens is 1. The van der Waals surface area contributed by atoms with E-state index >= 15 is 0 Å². The SMILES string of the molecule is COC(=O)c1cn(C(=O)CN(c2ccc(C)c(C)c2)S(=O)(=O)c2ccc(Cl)cc2)c2ccccc12. The van der Waals surface area contributed by atoms with Crippen LogP contribution in [0.2, 0.25) is 5.02 Å². The fourth-order valence-corrected chi connectivity index (χ4v) is 5.32. The van der Waals surface area contributed by atoms with Crippen molar-refractivity contribution in [1.29, 1.82) is 0 Å². The summed E-state index contributed by atoms with van der Waals surface area (Å²) in [5.41, 5.74) is 2.91. The molecule has 4 aromatic rings. The van der Waals surface area contributed by atoms with E-state index in [9.17, 15) is 18.0 Å². The minimum atomic E-state index is -4.12. The van der Waals surface area contributed by atoms with Gasteiger partial charge in [0.2, 0.25) is 0 Å². The molecule has 0 bridgehead atoms. The molecule has 7 nitrogen and oxygen atoms in total. The fraction of sp³-hybridized carbons (Fsp3) is 0.154. The molecule has 0 amide bonds. The first kappa shape index (κ1) is 24.5. The number of rotatable bonds is 6. The van der Waals surface area contributed by atoms with Crippen molar-refractivity contribution < 1.29 is 22.7 Å². The van der Waals surface area contributed by atoms with Gasteiger partial charge in [0.25, 0.3) is 15.9 Å². The Kier molecular flexibility index (Phi) is 6.69.